The standard InChI is InChI=1S/C24H32N2O4.C13H24O4.CH5N/c1-24(2,3)30-23(29)21(26-17-27)10-6-7-15-25-22(28)14-12-18-11-13-19-8-4-5-9-20(19)16-18;1-12(2,3)16-10(14)8-7-9-11(15)17-13(4,5)6;1-2/h4-5,8-9,11,13,16-17,21H,6-7,10,12,14-15H2,1-3H3,(H,25,28)(H,26,27);7-9H2,1-6H3;2H2,1H3. The van der Waals surface area contributed by atoms with Crippen molar-refractivity contribution in [2.75, 3.05) is 13.6 Å². The third-order valence-electron chi connectivity index (χ3n) is 6.26. The molecule has 1 atom stereocenters. The lowest BCUT2D eigenvalue weighted by Gasteiger charge is -2.23. The molecule has 0 fully saturated rings. The maximum absolute atomic E-state index is 12.1. The van der Waals surface area contributed by atoms with Crippen LogP contribution in [-0.2, 0) is 44.6 Å². The summed E-state index contributed by atoms with van der Waals surface area (Å²) in [5.41, 5.74) is 4.11. The van der Waals surface area contributed by atoms with E-state index in [0.29, 0.717) is 45.1 Å². The fraction of sp³-hybridized carbons (Fsp3) is 0.605. The zero-order chi connectivity index (χ0) is 37.7. The maximum atomic E-state index is 12.1. The molecule has 0 saturated carbocycles. The Hall–Kier alpha value is -3.99. The normalized spacial score (nSPS) is 11.8. The van der Waals surface area contributed by atoms with Crippen LogP contribution in [-0.4, -0.2) is 66.7 Å². The van der Waals surface area contributed by atoms with Gasteiger partial charge in [-0.3, -0.25) is 19.2 Å². The number of aryl methyl sites for hydroxylation is 1. The molecule has 2 amide bonds. The first-order chi connectivity index (χ1) is 22.8. The molecule has 276 valence electrons. The van der Waals surface area contributed by atoms with Crippen molar-refractivity contribution in [1.29, 1.82) is 0 Å². The monoisotopic (exact) mass is 687 g/mol. The second-order valence-electron chi connectivity index (χ2n) is 14.4. The van der Waals surface area contributed by atoms with Crippen molar-refractivity contribution in [3.05, 3.63) is 48.0 Å². The minimum Gasteiger partial charge on any atom is -0.460 e. The third-order valence-corrected chi connectivity index (χ3v) is 6.26. The number of hydrogen-bond donors (Lipinski definition) is 3. The van der Waals surface area contributed by atoms with Gasteiger partial charge in [0, 0.05) is 25.8 Å². The lowest BCUT2D eigenvalue weighted by molar-refractivity contribution is -0.159. The molecule has 11 nitrogen and oxygen atoms in total. The molecular weight excluding hydrogens is 626 g/mol. The minimum atomic E-state index is -0.662. The van der Waals surface area contributed by atoms with E-state index in [1.165, 1.54) is 17.8 Å². The van der Waals surface area contributed by atoms with Crippen LogP contribution in [0.15, 0.2) is 42.5 Å². The number of fused-ring (bicyclic) bond motifs is 1. The van der Waals surface area contributed by atoms with Crippen molar-refractivity contribution in [2.24, 2.45) is 5.73 Å². The number of benzene rings is 2. The molecule has 0 spiro atoms. The molecular formula is C38H61N3O8. The molecule has 2 rings (SSSR count). The van der Waals surface area contributed by atoms with Gasteiger partial charge in [-0.1, -0.05) is 42.5 Å². The second-order valence-corrected chi connectivity index (χ2v) is 14.4. The van der Waals surface area contributed by atoms with Crippen molar-refractivity contribution in [3.8, 4) is 0 Å². The molecule has 0 aliphatic carbocycles. The Bertz CT molecular complexity index is 1280. The number of carbonyl (C=O) groups is 5. The molecule has 0 aliphatic heterocycles. The first-order valence-electron chi connectivity index (χ1n) is 17.0. The van der Waals surface area contributed by atoms with Crippen LogP contribution in [0.25, 0.3) is 10.8 Å². The molecule has 4 N–H and O–H groups in total. The molecule has 0 heterocycles. The molecule has 0 aliphatic rings. The fourth-order valence-electron chi connectivity index (χ4n) is 4.33. The van der Waals surface area contributed by atoms with Crippen LogP contribution in [0.5, 0.6) is 0 Å². The van der Waals surface area contributed by atoms with E-state index in [1.54, 1.807) is 20.8 Å². The maximum Gasteiger partial charge on any atom is 0.329 e. The summed E-state index contributed by atoms with van der Waals surface area (Å²) in [6.07, 6.45) is 4.49. The molecule has 0 aromatic heterocycles. The van der Waals surface area contributed by atoms with Gasteiger partial charge in [-0.15, -0.1) is 0 Å². The predicted octanol–water partition coefficient (Wildman–Crippen LogP) is 5.93. The van der Waals surface area contributed by atoms with Gasteiger partial charge in [0.05, 0.1) is 0 Å². The number of rotatable bonds is 15. The lowest BCUT2D eigenvalue weighted by atomic mass is 10.0. The number of amides is 2. The highest BCUT2D eigenvalue weighted by Gasteiger charge is 2.24. The summed E-state index contributed by atoms with van der Waals surface area (Å²) in [5.74, 6) is -0.978. The lowest BCUT2D eigenvalue weighted by Crippen LogP contribution is -2.40. The van der Waals surface area contributed by atoms with Crippen LogP contribution >= 0.6 is 0 Å². The Morgan fingerprint density at radius 3 is 1.76 bits per heavy atom. The number of nitrogens with one attached hydrogen (secondary N) is 2. The summed E-state index contributed by atoms with van der Waals surface area (Å²) in [7, 11) is 1.50. The van der Waals surface area contributed by atoms with Gasteiger partial charge in [-0.05, 0) is 118 Å². The number of esters is 3. The van der Waals surface area contributed by atoms with Crippen LogP contribution in [0.4, 0.5) is 0 Å². The summed E-state index contributed by atoms with van der Waals surface area (Å²) in [6, 6.07) is 13.8. The Kier molecular flexibility index (Phi) is 20.8. The average molecular weight is 688 g/mol. The topological polar surface area (TPSA) is 163 Å². The van der Waals surface area contributed by atoms with E-state index < -0.39 is 28.8 Å². The summed E-state index contributed by atoms with van der Waals surface area (Å²) in [4.78, 5) is 57.7. The highest BCUT2D eigenvalue weighted by molar-refractivity contribution is 5.83. The largest absolute Gasteiger partial charge is 0.460 e. The zero-order valence-corrected chi connectivity index (χ0v) is 31.4. The second kappa shape index (κ2) is 22.6. The van der Waals surface area contributed by atoms with E-state index >= 15 is 0 Å². The van der Waals surface area contributed by atoms with Crippen LogP contribution in [0.3, 0.4) is 0 Å². The van der Waals surface area contributed by atoms with Crippen molar-refractivity contribution in [3.63, 3.8) is 0 Å². The number of unbranched alkanes of at least 4 members (excludes halogenated alkanes) is 1. The Morgan fingerprint density at radius 1 is 0.714 bits per heavy atom. The number of ether oxygens (including phenoxy) is 3. The van der Waals surface area contributed by atoms with Gasteiger partial charge in [0.1, 0.15) is 22.8 Å². The van der Waals surface area contributed by atoms with E-state index in [-0.39, 0.29) is 30.7 Å². The molecule has 0 bridgehead atoms. The number of hydrogen-bond acceptors (Lipinski definition) is 9. The fourth-order valence-corrected chi connectivity index (χ4v) is 4.33. The van der Waals surface area contributed by atoms with Gasteiger partial charge in [0.2, 0.25) is 12.3 Å². The smallest absolute Gasteiger partial charge is 0.329 e. The first-order valence-corrected chi connectivity index (χ1v) is 17.0. The van der Waals surface area contributed by atoms with Crippen molar-refractivity contribution in [2.45, 2.75) is 137 Å². The summed E-state index contributed by atoms with van der Waals surface area (Å²) < 4.78 is 15.6. The Labute approximate surface area is 293 Å². The molecule has 1 unspecified atom stereocenters. The highest BCUT2D eigenvalue weighted by Crippen LogP contribution is 2.17. The minimum absolute atomic E-state index is 0.0119. The van der Waals surface area contributed by atoms with E-state index in [0.717, 1.165) is 12.0 Å². The SMILES string of the molecule is CC(C)(C)OC(=O)C(CCCCNC(=O)CCc1ccc2ccccc2c1)NC=O.CC(C)(C)OC(=O)CCCC(=O)OC(C)(C)C.CN. The van der Waals surface area contributed by atoms with E-state index in [9.17, 15) is 24.0 Å². The molecule has 11 heteroatoms. The van der Waals surface area contributed by atoms with Gasteiger partial charge in [0.15, 0.2) is 0 Å². The summed E-state index contributed by atoms with van der Waals surface area (Å²) in [6.45, 7) is 16.8. The van der Waals surface area contributed by atoms with Crippen molar-refractivity contribution >= 4 is 41.0 Å². The number of nitrogens with two attached hydrogens (primary N) is 1. The first kappa shape index (κ1) is 45.0. The van der Waals surface area contributed by atoms with Gasteiger partial charge >= 0.3 is 17.9 Å². The van der Waals surface area contributed by atoms with E-state index in [4.69, 9.17) is 14.2 Å². The summed E-state index contributed by atoms with van der Waals surface area (Å²) >= 11 is 0. The van der Waals surface area contributed by atoms with Crippen molar-refractivity contribution < 1.29 is 38.2 Å². The van der Waals surface area contributed by atoms with Crippen molar-refractivity contribution in [1.82, 2.24) is 10.6 Å². The van der Waals surface area contributed by atoms with Crippen LogP contribution in [0.1, 0.15) is 113 Å². The quantitative estimate of drug-likeness (QED) is 0.0891. The van der Waals surface area contributed by atoms with Gasteiger partial charge < -0.3 is 30.6 Å². The average Bonchev–Trinajstić information content (AvgIpc) is 2.98. The number of carbonyl (C=O) groups excluding carboxylic acids is 5. The highest BCUT2D eigenvalue weighted by atomic mass is 16.6. The van der Waals surface area contributed by atoms with E-state index in [2.05, 4.69) is 46.7 Å². The predicted molar refractivity (Wildman–Crippen MR) is 194 cm³/mol. The van der Waals surface area contributed by atoms with Gasteiger partial charge in [-0.2, -0.15) is 0 Å². The van der Waals surface area contributed by atoms with Crippen LogP contribution in [0, 0.1) is 0 Å². The Morgan fingerprint density at radius 2 is 1.24 bits per heavy atom. The van der Waals surface area contributed by atoms with Gasteiger partial charge in [0.25, 0.3) is 0 Å². The molecule has 2 aromatic rings. The van der Waals surface area contributed by atoms with Crippen LogP contribution in [0.2, 0.25) is 0 Å². The van der Waals surface area contributed by atoms with Crippen LogP contribution < -0.4 is 16.4 Å². The molecule has 2 aromatic carbocycles. The zero-order valence-electron chi connectivity index (χ0n) is 31.4. The molecule has 0 saturated heterocycles. The molecule has 0 radical (unpaired) electrons. The summed E-state index contributed by atoms with van der Waals surface area (Å²) in [5, 5.41) is 7.80. The Balaban J connectivity index is 0.00000103. The third kappa shape index (κ3) is 23.9. The van der Waals surface area contributed by atoms with Gasteiger partial charge in [-0.25, -0.2) is 4.79 Å². The molecule has 49 heavy (non-hydrogen) atoms. The van der Waals surface area contributed by atoms with E-state index in [1.807, 2.05) is 53.7 Å².